The largest absolute Gasteiger partial charge is 0.444 e. The number of ether oxygens (including phenoxy) is 1. The molecule has 1 aromatic carbocycles. The Balaban J connectivity index is 1.36. The number of rotatable bonds is 4. The minimum atomic E-state index is -0.578. The van der Waals surface area contributed by atoms with E-state index >= 15 is 0 Å². The zero-order chi connectivity index (χ0) is 24.5. The summed E-state index contributed by atoms with van der Waals surface area (Å²) in [6.07, 6.45) is 0.251. The van der Waals surface area contributed by atoms with E-state index in [1.54, 1.807) is 23.1 Å². The first-order chi connectivity index (χ1) is 16.1. The molecule has 4 rings (SSSR count). The molecule has 0 radical (unpaired) electrons. The topological polar surface area (TPSA) is 134 Å². The number of piperidine rings is 1. The lowest BCUT2D eigenvalue weighted by atomic mass is 9.93. The van der Waals surface area contributed by atoms with Gasteiger partial charge in [-0.25, -0.2) is 4.79 Å². The van der Waals surface area contributed by atoms with Gasteiger partial charge in [-0.05, 0) is 39.3 Å². The molecule has 0 saturated carbocycles. The highest BCUT2D eigenvalue weighted by atomic mass is 16.6. The maximum absolute atomic E-state index is 12.7. The summed E-state index contributed by atoms with van der Waals surface area (Å²) < 4.78 is 10.9. The number of para-hydroxylation sites is 1. The summed E-state index contributed by atoms with van der Waals surface area (Å²) in [4.78, 5) is 52.2. The van der Waals surface area contributed by atoms with Crippen LogP contribution in [0, 0.1) is 0 Å². The molecular weight excluding hydrogens is 442 g/mol. The van der Waals surface area contributed by atoms with Crippen molar-refractivity contribution in [2.45, 2.75) is 45.1 Å². The van der Waals surface area contributed by atoms with Crippen LogP contribution in [0.15, 0.2) is 22.7 Å². The second-order valence-electron chi connectivity index (χ2n) is 9.55. The smallest absolute Gasteiger partial charge is 0.410 e. The quantitative estimate of drug-likeness (QED) is 0.645. The van der Waals surface area contributed by atoms with Gasteiger partial charge in [0.2, 0.25) is 17.7 Å². The highest BCUT2D eigenvalue weighted by Gasteiger charge is 2.32. The lowest BCUT2D eigenvalue weighted by Crippen LogP contribution is -2.51. The molecule has 0 aliphatic carbocycles. The third-order valence-corrected chi connectivity index (χ3v) is 5.76. The minimum absolute atomic E-state index is 0.159. The van der Waals surface area contributed by atoms with Crippen molar-refractivity contribution in [2.24, 2.45) is 0 Å². The summed E-state index contributed by atoms with van der Waals surface area (Å²) in [7, 11) is 0. The monoisotopic (exact) mass is 471 g/mol. The highest BCUT2D eigenvalue weighted by molar-refractivity contribution is 6.04. The van der Waals surface area contributed by atoms with Gasteiger partial charge < -0.3 is 19.5 Å². The molecule has 0 spiro atoms. The number of imide groups is 1. The van der Waals surface area contributed by atoms with E-state index in [2.05, 4.69) is 15.8 Å². The Bertz CT molecular complexity index is 1110. The van der Waals surface area contributed by atoms with Gasteiger partial charge in [0.15, 0.2) is 5.58 Å². The van der Waals surface area contributed by atoms with E-state index in [1.807, 2.05) is 25.7 Å². The van der Waals surface area contributed by atoms with Crippen LogP contribution in [0.1, 0.15) is 45.2 Å². The summed E-state index contributed by atoms with van der Waals surface area (Å²) in [6, 6.07) is 5.24. The van der Waals surface area contributed by atoms with Gasteiger partial charge in [-0.2, -0.15) is 0 Å². The van der Waals surface area contributed by atoms with Gasteiger partial charge in [0.1, 0.15) is 11.3 Å². The number of carbonyl (C=O) groups excluding carboxylic acids is 4. The minimum Gasteiger partial charge on any atom is -0.444 e. The number of benzene rings is 1. The van der Waals surface area contributed by atoms with E-state index in [0.717, 1.165) is 0 Å². The molecule has 1 atom stereocenters. The second kappa shape index (κ2) is 9.41. The van der Waals surface area contributed by atoms with Crippen LogP contribution in [0.4, 0.5) is 10.5 Å². The van der Waals surface area contributed by atoms with E-state index in [-0.39, 0.29) is 30.9 Å². The first-order valence-corrected chi connectivity index (χ1v) is 11.3. The summed E-state index contributed by atoms with van der Waals surface area (Å²) in [5.74, 6) is -1.50. The predicted molar refractivity (Wildman–Crippen MR) is 122 cm³/mol. The molecular formula is C23H29N5O6. The second-order valence-corrected chi connectivity index (χ2v) is 9.55. The summed E-state index contributed by atoms with van der Waals surface area (Å²) in [5, 5.41) is 9.88. The Morgan fingerprint density at radius 1 is 1.21 bits per heavy atom. The highest BCUT2D eigenvalue weighted by Crippen LogP contribution is 2.33. The zero-order valence-electron chi connectivity index (χ0n) is 19.6. The number of carbonyl (C=O) groups is 4. The van der Waals surface area contributed by atoms with E-state index in [4.69, 9.17) is 9.26 Å². The van der Waals surface area contributed by atoms with Gasteiger partial charge in [0.05, 0.1) is 18.2 Å². The van der Waals surface area contributed by atoms with Crippen LogP contribution in [0.2, 0.25) is 0 Å². The molecule has 2 aliphatic heterocycles. The number of piperazine rings is 1. The van der Waals surface area contributed by atoms with Crippen molar-refractivity contribution in [2.75, 3.05) is 38.0 Å². The van der Waals surface area contributed by atoms with Crippen molar-refractivity contribution >= 4 is 40.5 Å². The van der Waals surface area contributed by atoms with Crippen molar-refractivity contribution in [1.82, 2.24) is 20.3 Å². The molecule has 3 heterocycles. The van der Waals surface area contributed by atoms with Crippen LogP contribution in [0.3, 0.4) is 0 Å². The average molecular weight is 472 g/mol. The molecule has 11 nitrogen and oxygen atoms in total. The van der Waals surface area contributed by atoms with E-state index in [9.17, 15) is 19.2 Å². The molecule has 2 N–H and O–H groups in total. The average Bonchev–Trinajstić information content (AvgIpc) is 3.18. The first kappa shape index (κ1) is 23.7. The van der Waals surface area contributed by atoms with E-state index in [0.29, 0.717) is 55.0 Å². The Morgan fingerprint density at radius 2 is 1.94 bits per heavy atom. The van der Waals surface area contributed by atoms with Gasteiger partial charge in [-0.3, -0.25) is 24.6 Å². The summed E-state index contributed by atoms with van der Waals surface area (Å²) in [5.41, 5.74) is 0.745. The molecule has 1 aromatic heterocycles. The van der Waals surface area contributed by atoms with Crippen molar-refractivity contribution < 1.29 is 28.4 Å². The maximum atomic E-state index is 12.7. The standard InChI is InChI=1S/C23H29N5O6/c1-23(2,3)33-22(32)28-11-9-27(10-12-28)13-18(30)24-16-6-4-5-14-19(26-34-20(14)16)15-7-8-17(29)25-21(15)31/h4-6,15H,7-13H2,1-3H3,(H,24,30)(H,25,29,31). The van der Waals surface area contributed by atoms with Crippen LogP contribution >= 0.6 is 0 Å². The molecule has 2 aromatic rings. The molecule has 2 aliphatic rings. The van der Waals surface area contributed by atoms with Crippen LogP contribution in [0.5, 0.6) is 0 Å². The number of anilines is 1. The molecule has 1 unspecified atom stereocenters. The van der Waals surface area contributed by atoms with Gasteiger partial charge >= 0.3 is 6.09 Å². The molecule has 2 saturated heterocycles. The van der Waals surface area contributed by atoms with Crippen molar-refractivity contribution in [3.8, 4) is 0 Å². The number of hydrogen-bond acceptors (Lipinski definition) is 8. The molecule has 0 bridgehead atoms. The van der Waals surface area contributed by atoms with Gasteiger partial charge in [0, 0.05) is 38.0 Å². The molecule has 34 heavy (non-hydrogen) atoms. The SMILES string of the molecule is CC(C)(C)OC(=O)N1CCN(CC(=O)Nc2cccc3c(C4CCC(=O)NC4=O)noc23)CC1. The van der Waals surface area contributed by atoms with E-state index in [1.165, 1.54) is 0 Å². The number of nitrogens with zero attached hydrogens (tertiary/aromatic N) is 3. The van der Waals surface area contributed by atoms with Crippen LogP contribution in [-0.4, -0.2) is 77.1 Å². The predicted octanol–water partition coefficient (Wildman–Crippen LogP) is 1.84. The van der Waals surface area contributed by atoms with Crippen molar-refractivity contribution in [3.05, 3.63) is 23.9 Å². The normalized spacial score (nSPS) is 19.7. The zero-order valence-corrected chi connectivity index (χ0v) is 19.6. The van der Waals surface area contributed by atoms with E-state index < -0.39 is 17.4 Å². The molecule has 11 heteroatoms. The summed E-state index contributed by atoms with van der Waals surface area (Å²) in [6.45, 7) is 7.71. The lowest BCUT2D eigenvalue weighted by molar-refractivity contribution is -0.134. The van der Waals surface area contributed by atoms with Crippen LogP contribution in [-0.2, 0) is 19.1 Å². The van der Waals surface area contributed by atoms with Crippen molar-refractivity contribution in [1.29, 1.82) is 0 Å². The number of amides is 4. The Morgan fingerprint density at radius 3 is 2.62 bits per heavy atom. The summed E-state index contributed by atoms with van der Waals surface area (Å²) >= 11 is 0. The van der Waals surface area contributed by atoms with Gasteiger partial charge in [-0.1, -0.05) is 11.2 Å². The van der Waals surface area contributed by atoms with Gasteiger partial charge in [0.25, 0.3) is 0 Å². The van der Waals surface area contributed by atoms with Crippen LogP contribution < -0.4 is 10.6 Å². The fourth-order valence-electron chi connectivity index (χ4n) is 4.09. The number of nitrogens with one attached hydrogen (secondary N) is 2. The molecule has 4 amide bonds. The number of fused-ring (bicyclic) bond motifs is 1. The molecule has 2 fully saturated rings. The van der Waals surface area contributed by atoms with Crippen LogP contribution in [0.25, 0.3) is 11.0 Å². The number of aromatic nitrogens is 1. The fourth-order valence-corrected chi connectivity index (χ4v) is 4.09. The lowest BCUT2D eigenvalue weighted by Gasteiger charge is -2.35. The van der Waals surface area contributed by atoms with Gasteiger partial charge in [-0.15, -0.1) is 0 Å². The number of hydrogen-bond donors (Lipinski definition) is 2. The first-order valence-electron chi connectivity index (χ1n) is 11.3. The molecule has 182 valence electrons. The Labute approximate surface area is 196 Å². The Hall–Kier alpha value is -3.47. The van der Waals surface area contributed by atoms with Crippen molar-refractivity contribution in [3.63, 3.8) is 0 Å². The fraction of sp³-hybridized carbons (Fsp3) is 0.522. The third kappa shape index (κ3) is 5.36. The third-order valence-electron chi connectivity index (χ3n) is 5.76. The maximum Gasteiger partial charge on any atom is 0.410 e. The Kier molecular flexibility index (Phi) is 6.56.